The van der Waals surface area contributed by atoms with Gasteiger partial charge >= 0.3 is 0 Å². The van der Waals surface area contributed by atoms with Gasteiger partial charge in [0.15, 0.2) is 0 Å². The van der Waals surface area contributed by atoms with Crippen molar-refractivity contribution in [2.24, 2.45) is 0 Å². The number of H-pyrrole nitrogens is 1. The highest BCUT2D eigenvalue weighted by molar-refractivity contribution is 5.83. The van der Waals surface area contributed by atoms with Gasteiger partial charge < -0.3 is 14.6 Å². The minimum atomic E-state index is -0.130. The van der Waals surface area contributed by atoms with Crippen LogP contribution in [-0.2, 0) is 16.1 Å². The number of benzene rings is 1. The molecule has 128 valence electrons. The minimum Gasteiger partial charge on any atom is -0.376 e. The molecule has 0 saturated carbocycles. The lowest BCUT2D eigenvalue weighted by molar-refractivity contribution is -0.131. The second-order valence-electron chi connectivity index (χ2n) is 6.63. The van der Waals surface area contributed by atoms with Crippen LogP contribution in [0.25, 0.3) is 10.9 Å². The molecule has 1 aliphatic heterocycles. The number of carbonyl (C=O) groups excluding carboxylic acids is 1. The van der Waals surface area contributed by atoms with E-state index in [4.69, 9.17) is 4.74 Å². The van der Waals surface area contributed by atoms with Gasteiger partial charge in [0.1, 0.15) is 0 Å². The fraction of sp³-hybridized carbons (Fsp3) is 0.474. The molecule has 24 heavy (non-hydrogen) atoms. The third-order valence-electron chi connectivity index (χ3n) is 4.88. The maximum Gasteiger partial charge on any atom is 0.253 e. The smallest absolute Gasteiger partial charge is 0.253 e. The van der Waals surface area contributed by atoms with E-state index in [1.807, 2.05) is 26.0 Å². The Morgan fingerprint density at radius 1 is 1.38 bits per heavy atom. The van der Waals surface area contributed by atoms with E-state index >= 15 is 0 Å². The number of carbonyl (C=O) groups is 1. The molecule has 1 aromatic carbocycles. The molecule has 0 aliphatic carbocycles. The number of amides is 1. The van der Waals surface area contributed by atoms with Crippen molar-refractivity contribution in [3.8, 4) is 0 Å². The van der Waals surface area contributed by atoms with Gasteiger partial charge in [-0.25, -0.2) is 0 Å². The topological polar surface area (TPSA) is 62.4 Å². The first kappa shape index (κ1) is 16.7. The molecular formula is C19H24N2O3. The fourth-order valence-corrected chi connectivity index (χ4v) is 3.23. The van der Waals surface area contributed by atoms with Crippen molar-refractivity contribution in [3.63, 3.8) is 0 Å². The van der Waals surface area contributed by atoms with Crippen molar-refractivity contribution in [1.29, 1.82) is 0 Å². The van der Waals surface area contributed by atoms with Gasteiger partial charge in [-0.1, -0.05) is 12.1 Å². The molecule has 1 atom stereocenters. The van der Waals surface area contributed by atoms with E-state index in [0.717, 1.165) is 41.5 Å². The van der Waals surface area contributed by atoms with E-state index in [2.05, 4.69) is 11.1 Å². The fourth-order valence-electron chi connectivity index (χ4n) is 3.23. The zero-order chi connectivity index (χ0) is 17.3. The van der Waals surface area contributed by atoms with Crippen molar-refractivity contribution < 1.29 is 9.53 Å². The lowest BCUT2D eigenvalue weighted by atomic mass is 10.0. The summed E-state index contributed by atoms with van der Waals surface area (Å²) in [7, 11) is 0. The maximum absolute atomic E-state index is 12.5. The first-order valence-electron chi connectivity index (χ1n) is 8.45. The minimum absolute atomic E-state index is 0.0370. The number of aromatic nitrogens is 1. The van der Waals surface area contributed by atoms with Gasteiger partial charge in [-0.2, -0.15) is 0 Å². The number of nitrogens with zero attached hydrogens (tertiary/aromatic N) is 1. The Morgan fingerprint density at radius 2 is 2.17 bits per heavy atom. The molecule has 1 aromatic heterocycles. The molecule has 2 aromatic rings. The van der Waals surface area contributed by atoms with Crippen LogP contribution >= 0.6 is 0 Å². The number of hydrogen-bond donors (Lipinski definition) is 1. The second-order valence-corrected chi connectivity index (χ2v) is 6.63. The third-order valence-corrected chi connectivity index (χ3v) is 4.88. The molecule has 5 heteroatoms. The molecule has 0 bridgehead atoms. The van der Waals surface area contributed by atoms with Crippen molar-refractivity contribution in [3.05, 3.63) is 45.2 Å². The van der Waals surface area contributed by atoms with Crippen molar-refractivity contribution in [2.45, 2.75) is 46.3 Å². The van der Waals surface area contributed by atoms with Gasteiger partial charge in [-0.3, -0.25) is 9.59 Å². The highest BCUT2D eigenvalue weighted by Gasteiger charge is 2.21. The molecule has 5 nitrogen and oxygen atoms in total. The van der Waals surface area contributed by atoms with E-state index in [1.54, 1.807) is 4.90 Å². The number of hydrogen-bond acceptors (Lipinski definition) is 3. The van der Waals surface area contributed by atoms with Gasteiger partial charge in [-0.05, 0) is 49.3 Å². The summed E-state index contributed by atoms with van der Waals surface area (Å²) in [6.07, 6.45) is 2.08. The standard InChI is InChI=1S/C19H24N2O3/c1-12-6-7-15-9-16(19(23)20-18(15)13(12)2)10-21(14(3)22)11-17-5-4-8-24-17/h6-7,9,17H,4-5,8,10-11H2,1-3H3,(H,20,23). The summed E-state index contributed by atoms with van der Waals surface area (Å²) < 4.78 is 5.62. The van der Waals surface area contributed by atoms with Gasteiger partial charge in [0.2, 0.25) is 5.91 Å². The number of aromatic amines is 1. The van der Waals surface area contributed by atoms with Gasteiger partial charge in [0, 0.05) is 25.6 Å². The summed E-state index contributed by atoms with van der Waals surface area (Å²) in [5, 5.41) is 0.994. The quantitative estimate of drug-likeness (QED) is 0.938. The van der Waals surface area contributed by atoms with E-state index in [-0.39, 0.29) is 17.6 Å². The van der Waals surface area contributed by atoms with Crippen LogP contribution in [0.2, 0.25) is 0 Å². The molecule has 1 unspecified atom stereocenters. The predicted molar refractivity (Wildman–Crippen MR) is 94.1 cm³/mol. The lowest BCUT2D eigenvalue weighted by Gasteiger charge is -2.24. The molecule has 1 saturated heterocycles. The Balaban J connectivity index is 1.90. The van der Waals surface area contributed by atoms with Crippen molar-refractivity contribution in [2.75, 3.05) is 13.2 Å². The summed E-state index contributed by atoms with van der Waals surface area (Å²) in [4.78, 5) is 29.1. The number of aryl methyl sites for hydroxylation is 2. The predicted octanol–water partition coefficient (Wildman–Crippen LogP) is 2.67. The molecule has 1 N–H and O–H groups in total. The van der Waals surface area contributed by atoms with Gasteiger partial charge in [0.25, 0.3) is 5.56 Å². The Hall–Kier alpha value is -2.14. The molecule has 2 heterocycles. The van der Waals surface area contributed by atoms with Crippen LogP contribution in [-0.4, -0.2) is 35.0 Å². The molecule has 0 spiro atoms. The molecule has 1 aliphatic rings. The summed E-state index contributed by atoms with van der Waals surface area (Å²) in [5.74, 6) is -0.0370. The van der Waals surface area contributed by atoms with Crippen LogP contribution in [0, 0.1) is 13.8 Å². The van der Waals surface area contributed by atoms with Crippen LogP contribution < -0.4 is 5.56 Å². The summed E-state index contributed by atoms with van der Waals surface area (Å²) in [6, 6.07) is 5.95. The molecule has 3 rings (SSSR count). The summed E-state index contributed by atoms with van der Waals surface area (Å²) in [6.45, 7) is 7.18. The zero-order valence-corrected chi connectivity index (χ0v) is 14.5. The number of nitrogens with one attached hydrogen (secondary N) is 1. The Kier molecular flexibility index (Phi) is 4.71. The van der Waals surface area contributed by atoms with Crippen LogP contribution in [0.1, 0.15) is 36.5 Å². The zero-order valence-electron chi connectivity index (χ0n) is 14.5. The van der Waals surface area contributed by atoms with Crippen LogP contribution in [0.3, 0.4) is 0 Å². The Bertz CT molecular complexity index is 819. The maximum atomic E-state index is 12.5. The highest BCUT2D eigenvalue weighted by Crippen LogP contribution is 2.20. The number of fused-ring (bicyclic) bond motifs is 1. The largest absolute Gasteiger partial charge is 0.376 e. The van der Waals surface area contributed by atoms with Gasteiger partial charge in [-0.15, -0.1) is 0 Å². The highest BCUT2D eigenvalue weighted by atomic mass is 16.5. The normalized spacial score (nSPS) is 17.4. The summed E-state index contributed by atoms with van der Waals surface area (Å²) >= 11 is 0. The van der Waals surface area contributed by atoms with E-state index in [1.165, 1.54) is 6.92 Å². The molecule has 1 amide bonds. The molecule has 1 fully saturated rings. The van der Waals surface area contributed by atoms with E-state index < -0.39 is 0 Å². The van der Waals surface area contributed by atoms with E-state index in [9.17, 15) is 9.59 Å². The van der Waals surface area contributed by atoms with Crippen LogP contribution in [0.5, 0.6) is 0 Å². The molecule has 0 radical (unpaired) electrons. The van der Waals surface area contributed by atoms with Crippen molar-refractivity contribution in [1.82, 2.24) is 9.88 Å². The Labute approximate surface area is 141 Å². The van der Waals surface area contributed by atoms with E-state index in [0.29, 0.717) is 18.7 Å². The monoisotopic (exact) mass is 328 g/mol. The van der Waals surface area contributed by atoms with Crippen LogP contribution in [0.4, 0.5) is 0 Å². The van der Waals surface area contributed by atoms with Crippen molar-refractivity contribution >= 4 is 16.8 Å². The number of pyridine rings is 1. The van der Waals surface area contributed by atoms with Gasteiger partial charge in [0.05, 0.1) is 18.2 Å². The number of ether oxygens (including phenoxy) is 1. The first-order chi connectivity index (χ1) is 11.5. The second kappa shape index (κ2) is 6.77. The SMILES string of the molecule is CC(=O)N(Cc1cc2ccc(C)c(C)c2[nH]c1=O)CC1CCCO1. The number of rotatable bonds is 4. The first-order valence-corrected chi connectivity index (χ1v) is 8.45. The molecular weight excluding hydrogens is 304 g/mol. The average Bonchev–Trinajstić information content (AvgIpc) is 3.05. The summed E-state index contributed by atoms with van der Waals surface area (Å²) in [5.41, 5.74) is 3.58. The van der Waals surface area contributed by atoms with Crippen LogP contribution in [0.15, 0.2) is 23.0 Å². The lowest BCUT2D eigenvalue weighted by Crippen LogP contribution is -2.36. The third kappa shape index (κ3) is 3.36. The Morgan fingerprint density at radius 3 is 2.83 bits per heavy atom. The average molecular weight is 328 g/mol.